The lowest BCUT2D eigenvalue weighted by atomic mass is 10.1. The number of rotatable bonds is 3. The van der Waals surface area contributed by atoms with Crippen LogP contribution in [0, 0.1) is 0 Å². The summed E-state index contributed by atoms with van der Waals surface area (Å²) in [6, 6.07) is 6.26. The standard InChI is InChI=1S/C12H15F2N/c1-8(9(2)15)6-10-4-3-5-11(7-10)12(13)14/h3-7,9,12H,15H2,1-2H3/b8-6+. The summed E-state index contributed by atoms with van der Waals surface area (Å²) in [7, 11) is 0. The molecule has 0 spiro atoms. The number of hydrogen-bond donors (Lipinski definition) is 1. The van der Waals surface area contributed by atoms with Gasteiger partial charge in [-0.2, -0.15) is 0 Å². The molecule has 0 radical (unpaired) electrons. The molecule has 0 heterocycles. The highest BCUT2D eigenvalue weighted by Gasteiger charge is 2.06. The molecule has 1 aromatic rings. The second-order valence-electron chi connectivity index (χ2n) is 3.65. The molecule has 0 aliphatic heterocycles. The van der Waals surface area contributed by atoms with Gasteiger partial charge in [0.15, 0.2) is 0 Å². The molecule has 0 saturated carbocycles. The molecule has 0 aliphatic carbocycles. The van der Waals surface area contributed by atoms with E-state index in [1.165, 1.54) is 12.1 Å². The van der Waals surface area contributed by atoms with Crippen molar-refractivity contribution >= 4 is 6.08 Å². The van der Waals surface area contributed by atoms with E-state index in [9.17, 15) is 8.78 Å². The first kappa shape index (κ1) is 11.9. The molecule has 82 valence electrons. The summed E-state index contributed by atoms with van der Waals surface area (Å²) in [5.74, 6) is 0. The quantitative estimate of drug-likeness (QED) is 0.815. The molecule has 3 heteroatoms. The van der Waals surface area contributed by atoms with Crippen LogP contribution >= 0.6 is 0 Å². The molecule has 0 bridgehead atoms. The molecule has 0 fully saturated rings. The van der Waals surface area contributed by atoms with E-state index in [2.05, 4.69) is 0 Å². The van der Waals surface area contributed by atoms with Crippen molar-refractivity contribution in [2.45, 2.75) is 26.3 Å². The summed E-state index contributed by atoms with van der Waals surface area (Å²) in [6.07, 6.45) is -0.592. The van der Waals surface area contributed by atoms with Crippen molar-refractivity contribution in [2.24, 2.45) is 5.73 Å². The second-order valence-corrected chi connectivity index (χ2v) is 3.65. The molecule has 0 aromatic heterocycles. The summed E-state index contributed by atoms with van der Waals surface area (Å²) in [6.45, 7) is 3.75. The Kier molecular flexibility index (Phi) is 3.97. The number of benzene rings is 1. The van der Waals surface area contributed by atoms with Crippen LogP contribution < -0.4 is 5.73 Å². The van der Waals surface area contributed by atoms with E-state index in [1.54, 1.807) is 12.1 Å². The SMILES string of the molecule is C/C(=C\c1cccc(C(F)F)c1)C(C)N. The molecule has 15 heavy (non-hydrogen) atoms. The average molecular weight is 211 g/mol. The Hall–Kier alpha value is -1.22. The normalized spacial score (nSPS) is 14.4. The van der Waals surface area contributed by atoms with Crippen LogP contribution in [-0.4, -0.2) is 6.04 Å². The monoisotopic (exact) mass is 211 g/mol. The van der Waals surface area contributed by atoms with Crippen LogP contribution in [0.1, 0.15) is 31.4 Å². The first-order chi connectivity index (χ1) is 7.00. The van der Waals surface area contributed by atoms with Gasteiger partial charge in [-0.25, -0.2) is 8.78 Å². The minimum Gasteiger partial charge on any atom is -0.324 e. The fraction of sp³-hybridized carbons (Fsp3) is 0.333. The lowest BCUT2D eigenvalue weighted by Gasteiger charge is -2.06. The van der Waals surface area contributed by atoms with Gasteiger partial charge in [-0.15, -0.1) is 0 Å². The van der Waals surface area contributed by atoms with Crippen LogP contribution in [0.2, 0.25) is 0 Å². The summed E-state index contributed by atoms with van der Waals surface area (Å²) < 4.78 is 24.8. The van der Waals surface area contributed by atoms with E-state index in [0.717, 1.165) is 11.1 Å². The molecule has 0 amide bonds. The highest BCUT2D eigenvalue weighted by atomic mass is 19.3. The first-order valence-electron chi connectivity index (χ1n) is 4.82. The van der Waals surface area contributed by atoms with Crippen LogP contribution in [0.25, 0.3) is 6.08 Å². The van der Waals surface area contributed by atoms with Crippen LogP contribution in [0.15, 0.2) is 29.8 Å². The van der Waals surface area contributed by atoms with Gasteiger partial charge in [-0.3, -0.25) is 0 Å². The lowest BCUT2D eigenvalue weighted by molar-refractivity contribution is 0.151. The van der Waals surface area contributed by atoms with Gasteiger partial charge >= 0.3 is 0 Å². The number of hydrogen-bond acceptors (Lipinski definition) is 1. The zero-order valence-electron chi connectivity index (χ0n) is 8.87. The van der Waals surface area contributed by atoms with Crippen LogP contribution in [0.3, 0.4) is 0 Å². The number of nitrogens with two attached hydrogens (primary N) is 1. The van der Waals surface area contributed by atoms with E-state index < -0.39 is 6.43 Å². The molecule has 1 atom stereocenters. The van der Waals surface area contributed by atoms with Crippen molar-refractivity contribution in [1.82, 2.24) is 0 Å². The van der Waals surface area contributed by atoms with Gasteiger partial charge in [-0.05, 0) is 25.5 Å². The van der Waals surface area contributed by atoms with Crippen molar-refractivity contribution in [3.05, 3.63) is 41.0 Å². The third-order valence-corrected chi connectivity index (χ3v) is 2.28. The van der Waals surface area contributed by atoms with Gasteiger partial charge in [-0.1, -0.05) is 29.8 Å². The molecule has 1 rings (SSSR count). The fourth-order valence-electron chi connectivity index (χ4n) is 1.18. The summed E-state index contributed by atoms with van der Waals surface area (Å²) in [4.78, 5) is 0. The molecule has 2 N–H and O–H groups in total. The van der Waals surface area contributed by atoms with E-state index in [4.69, 9.17) is 5.73 Å². The zero-order chi connectivity index (χ0) is 11.4. The molecule has 0 saturated heterocycles. The maximum atomic E-state index is 12.4. The zero-order valence-corrected chi connectivity index (χ0v) is 8.87. The van der Waals surface area contributed by atoms with Gasteiger partial charge in [0.2, 0.25) is 0 Å². The maximum absolute atomic E-state index is 12.4. The topological polar surface area (TPSA) is 26.0 Å². The van der Waals surface area contributed by atoms with Crippen LogP contribution in [0.5, 0.6) is 0 Å². The van der Waals surface area contributed by atoms with Gasteiger partial charge < -0.3 is 5.73 Å². The van der Waals surface area contributed by atoms with E-state index in [0.29, 0.717) is 0 Å². The number of halogens is 2. The highest BCUT2D eigenvalue weighted by molar-refractivity contribution is 5.54. The fourth-order valence-corrected chi connectivity index (χ4v) is 1.18. The first-order valence-corrected chi connectivity index (χ1v) is 4.82. The minimum absolute atomic E-state index is 0.0428. The molecule has 1 aromatic carbocycles. The van der Waals surface area contributed by atoms with Crippen LogP contribution in [-0.2, 0) is 0 Å². The van der Waals surface area contributed by atoms with Crippen molar-refractivity contribution in [3.63, 3.8) is 0 Å². The minimum atomic E-state index is -2.42. The lowest BCUT2D eigenvalue weighted by Crippen LogP contribution is -2.15. The Bertz CT molecular complexity index is 356. The third-order valence-electron chi connectivity index (χ3n) is 2.28. The Labute approximate surface area is 88.6 Å². The van der Waals surface area contributed by atoms with Crippen molar-refractivity contribution in [1.29, 1.82) is 0 Å². The van der Waals surface area contributed by atoms with Crippen molar-refractivity contribution < 1.29 is 8.78 Å². The average Bonchev–Trinajstić information content (AvgIpc) is 2.18. The molecular weight excluding hydrogens is 196 g/mol. The molecule has 1 unspecified atom stereocenters. The largest absolute Gasteiger partial charge is 0.324 e. The van der Waals surface area contributed by atoms with Gasteiger partial charge in [0.05, 0.1) is 0 Å². The Balaban J connectivity index is 2.96. The summed E-state index contributed by atoms with van der Waals surface area (Å²) in [5.41, 5.74) is 7.45. The predicted molar refractivity (Wildman–Crippen MR) is 58.7 cm³/mol. The van der Waals surface area contributed by atoms with Gasteiger partial charge in [0.1, 0.15) is 0 Å². The smallest absolute Gasteiger partial charge is 0.263 e. The van der Waals surface area contributed by atoms with Crippen molar-refractivity contribution in [2.75, 3.05) is 0 Å². The second kappa shape index (κ2) is 5.03. The van der Waals surface area contributed by atoms with Crippen molar-refractivity contribution in [3.8, 4) is 0 Å². The van der Waals surface area contributed by atoms with E-state index in [1.807, 2.05) is 19.9 Å². The maximum Gasteiger partial charge on any atom is 0.263 e. The summed E-state index contributed by atoms with van der Waals surface area (Å²) in [5, 5.41) is 0. The Morgan fingerprint density at radius 1 is 1.40 bits per heavy atom. The van der Waals surface area contributed by atoms with Gasteiger partial charge in [0.25, 0.3) is 6.43 Å². The molecular formula is C12H15F2N. The summed E-state index contributed by atoms with van der Waals surface area (Å²) >= 11 is 0. The van der Waals surface area contributed by atoms with Gasteiger partial charge in [0, 0.05) is 11.6 Å². The Morgan fingerprint density at radius 2 is 2.07 bits per heavy atom. The molecule has 1 nitrogen and oxygen atoms in total. The third kappa shape index (κ3) is 3.44. The Morgan fingerprint density at radius 3 is 2.60 bits per heavy atom. The van der Waals surface area contributed by atoms with E-state index in [-0.39, 0.29) is 11.6 Å². The molecule has 0 aliphatic rings. The van der Waals surface area contributed by atoms with E-state index >= 15 is 0 Å². The predicted octanol–water partition coefficient (Wildman–Crippen LogP) is 3.37. The highest BCUT2D eigenvalue weighted by Crippen LogP contribution is 2.20. The number of alkyl halides is 2. The van der Waals surface area contributed by atoms with Crippen LogP contribution in [0.4, 0.5) is 8.78 Å².